The summed E-state index contributed by atoms with van der Waals surface area (Å²) in [5.41, 5.74) is 0. The number of thioether (sulfide) groups is 1. The molecule has 0 amide bonds. The molecular weight excluding hydrogens is 188 g/mol. The van der Waals surface area contributed by atoms with E-state index in [1.165, 1.54) is 0 Å². The van der Waals surface area contributed by atoms with Crippen LogP contribution in [0, 0.1) is 0 Å². The molecule has 0 spiro atoms. The lowest BCUT2D eigenvalue weighted by molar-refractivity contribution is -0.307. The maximum absolute atomic E-state index is 10.1. The minimum absolute atomic E-state index is 0.404. The molecule has 0 saturated carbocycles. The number of carboxylic acids is 1. The summed E-state index contributed by atoms with van der Waals surface area (Å²) < 4.78 is 4.90. The molecule has 0 aliphatic heterocycles. The highest BCUT2D eigenvalue weighted by molar-refractivity contribution is 7.98. The molecule has 0 aliphatic carbocycles. The minimum Gasteiger partial charge on any atom is -0.546 e. The summed E-state index contributed by atoms with van der Waals surface area (Å²) in [4.78, 5) is 11.2. The van der Waals surface area contributed by atoms with Crippen molar-refractivity contribution in [3.63, 3.8) is 0 Å². The molecule has 1 aromatic carbocycles. The van der Waals surface area contributed by atoms with Gasteiger partial charge in [-0.1, -0.05) is 0 Å². The second-order valence-electron chi connectivity index (χ2n) is 2.34. The summed E-state index contributed by atoms with van der Waals surface area (Å²) in [5, 5.41) is 10.1. The van der Waals surface area contributed by atoms with Crippen molar-refractivity contribution in [1.82, 2.24) is 0 Å². The van der Waals surface area contributed by atoms with Crippen molar-refractivity contribution >= 4 is 17.7 Å². The summed E-state index contributed by atoms with van der Waals surface area (Å²) in [7, 11) is 0. The largest absolute Gasteiger partial charge is 0.546 e. The number of carboxylic acid groups (broad SMARTS) is 1. The van der Waals surface area contributed by atoms with E-state index in [1.54, 1.807) is 23.9 Å². The lowest BCUT2D eigenvalue weighted by atomic mass is 10.3. The Balaban J connectivity index is 2.54. The van der Waals surface area contributed by atoms with E-state index < -0.39 is 12.6 Å². The van der Waals surface area contributed by atoms with Crippen molar-refractivity contribution in [2.24, 2.45) is 0 Å². The van der Waals surface area contributed by atoms with Gasteiger partial charge >= 0.3 is 0 Å². The fraction of sp³-hybridized carbons (Fsp3) is 0.222. The molecule has 0 aliphatic rings. The number of ether oxygens (including phenoxy) is 1. The van der Waals surface area contributed by atoms with E-state index >= 15 is 0 Å². The molecule has 1 aromatic rings. The van der Waals surface area contributed by atoms with Crippen molar-refractivity contribution < 1.29 is 14.6 Å². The number of benzene rings is 1. The third kappa shape index (κ3) is 3.38. The topological polar surface area (TPSA) is 49.4 Å². The van der Waals surface area contributed by atoms with Crippen LogP contribution < -0.4 is 9.84 Å². The van der Waals surface area contributed by atoms with Gasteiger partial charge in [0.15, 0.2) is 0 Å². The first-order chi connectivity index (χ1) is 6.22. The Morgan fingerprint density at radius 3 is 2.54 bits per heavy atom. The van der Waals surface area contributed by atoms with E-state index in [9.17, 15) is 9.90 Å². The summed E-state index contributed by atoms with van der Waals surface area (Å²) >= 11 is 1.62. The molecule has 0 radical (unpaired) electrons. The highest BCUT2D eigenvalue weighted by Crippen LogP contribution is 2.18. The van der Waals surface area contributed by atoms with E-state index in [1.807, 2.05) is 18.4 Å². The molecule has 0 atom stereocenters. The fourth-order valence-electron chi connectivity index (χ4n) is 0.814. The Morgan fingerprint density at radius 1 is 1.46 bits per heavy atom. The first kappa shape index (κ1) is 9.92. The maximum Gasteiger partial charge on any atom is 0.128 e. The number of carbonyl (C=O) groups is 1. The van der Waals surface area contributed by atoms with Gasteiger partial charge in [0.25, 0.3) is 0 Å². The van der Waals surface area contributed by atoms with E-state index in [2.05, 4.69) is 0 Å². The van der Waals surface area contributed by atoms with E-state index in [-0.39, 0.29) is 0 Å². The summed E-state index contributed by atoms with van der Waals surface area (Å²) in [6, 6.07) is 7.20. The Morgan fingerprint density at radius 2 is 2.08 bits per heavy atom. The van der Waals surface area contributed by atoms with Gasteiger partial charge in [-0.2, -0.15) is 0 Å². The van der Waals surface area contributed by atoms with Crippen LogP contribution >= 0.6 is 11.8 Å². The van der Waals surface area contributed by atoms with Crippen LogP contribution in [-0.4, -0.2) is 18.8 Å². The van der Waals surface area contributed by atoms with Crippen LogP contribution in [0.15, 0.2) is 29.2 Å². The Bertz CT molecular complexity index is 281. The maximum atomic E-state index is 10.1. The van der Waals surface area contributed by atoms with Crippen molar-refractivity contribution in [1.29, 1.82) is 0 Å². The molecule has 13 heavy (non-hydrogen) atoms. The second-order valence-corrected chi connectivity index (χ2v) is 3.22. The smallest absolute Gasteiger partial charge is 0.128 e. The van der Waals surface area contributed by atoms with Crippen LogP contribution in [-0.2, 0) is 4.79 Å². The first-order valence-corrected chi connectivity index (χ1v) is 4.91. The molecule has 0 heterocycles. The van der Waals surface area contributed by atoms with Crippen LogP contribution in [0.2, 0.25) is 0 Å². The van der Waals surface area contributed by atoms with Gasteiger partial charge in [-0.3, -0.25) is 0 Å². The number of carbonyl (C=O) groups excluding carboxylic acids is 1. The third-order valence-electron chi connectivity index (χ3n) is 1.42. The number of hydrogen-bond donors (Lipinski definition) is 0. The van der Waals surface area contributed by atoms with Crippen LogP contribution in [0.25, 0.3) is 0 Å². The van der Waals surface area contributed by atoms with Crippen LogP contribution in [0.5, 0.6) is 5.75 Å². The van der Waals surface area contributed by atoms with E-state index in [0.717, 1.165) is 4.90 Å². The van der Waals surface area contributed by atoms with Crippen molar-refractivity contribution in [3.8, 4) is 5.75 Å². The van der Waals surface area contributed by atoms with Gasteiger partial charge in [-0.15, -0.1) is 11.8 Å². The summed E-state index contributed by atoms with van der Waals surface area (Å²) in [5.74, 6) is -0.670. The first-order valence-electron chi connectivity index (χ1n) is 3.69. The predicted octanol–water partition coefficient (Wildman–Crippen LogP) is 0.537. The zero-order chi connectivity index (χ0) is 9.68. The Hall–Kier alpha value is -1.16. The second kappa shape index (κ2) is 4.77. The quantitative estimate of drug-likeness (QED) is 0.661. The number of hydrogen-bond acceptors (Lipinski definition) is 4. The molecule has 70 valence electrons. The normalized spacial score (nSPS) is 9.62. The van der Waals surface area contributed by atoms with Crippen molar-refractivity contribution in [3.05, 3.63) is 24.3 Å². The average Bonchev–Trinajstić information content (AvgIpc) is 2.15. The van der Waals surface area contributed by atoms with Gasteiger partial charge in [0.1, 0.15) is 12.4 Å². The molecule has 0 saturated heterocycles. The predicted molar refractivity (Wildman–Crippen MR) is 48.7 cm³/mol. The van der Waals surface area contributed by atoms with Gasteiger partial charge < -0.3 is 14.6 Å². The molecule has 0 bridgehead atoms. The highest BCUT2D eigenvalue weighted by Gasteiger charge is 1.93. The van der Waals surface area contributed by atoms with Crippen LogP contribution in [0.4, 0.5) is 0 Å². The van der Waals surface area contributed by atoms with Gasteiger partial charge in [-0.25, -0.2) is 0 Å². The molecule has 0 fully saturated rings. The molecule has 4 heteroatoms. The fourth-order valence-corrected chi connectivity index (χ4v) is 1.22. The third-order valence-corrected chi connectivity index (χ3v) is 2.16. The standard InChI is InChI=1S/C9H10O3S/c1-13-8-4-2-7(3-5-8)12-6-9(10)11/h2-5H,6H2,1H3,(H,10,11)/p-1. The highest BCUT2D eigenvalue weighted by atomic mass is 32.2. The summed E-state index contributed by atoms with van der Waals surface area (Å²) in [6.45, 7) is -0.404. The lowest BCUT2D eigenvalue weighted by Gasteiger charge is -2.06. The van der Waals surface area contributed by atoms with Gasteiger partial charge in [-0.05, 0) is 30.5 Å². The molecule has 0 N–H and O–H groups in total. The summed E-state index contributed by atoms with van der Waals surface area (Å²) in [6.07, 6.45) is 1.97. The minimum atomic E-state index is -1.21. The van der Waals surface area contributed by atoms with E-state index in [0.29, 0.717) is 5.75 Å². The molecule has 1 rings (SSSR count). The van der Waals surface area contributed by atoms with Gasteiger partial charge in [0.2, 0.25) is 0 Å². The zero-order valence-electron chi connectivity index (χ0n) is 7.15. The van der Waals surface area contributed by atoms with Crippen LogP contribution in [0.3, 0.4) is 0 Å². The van der Waals surface area contributed by atoms with Crippen molar-refractivity contribution in [2.45, 2.75) is 4.90 Å². The number of aliphatic carboxylic acids is 1. The zero-order valence-corrected chi connectivity index (χ0v) is 7.97. The molecule has 3 nitrogen and oxygen atoms in total. The van der Waals surface area contributed by atoms with Crippen LogP contribution in [0.1, 0.15) is 0 Å². The number of rotatable bonds is 4. The SMILES string of the molecule is CSc1ccc(OCC(=O)[O-])cc1. The molecular formula is C9H9O3S-. The van der Waals surface area contributed by atoms with Crippen molar-refractivity contribution in [2.75, 3.05) is 12.9 Å². The van der Waals surface area contributed by atoms with Gasteiger partial charge in [0, 0.05) is 4.90 Å². The van der Waals surface area contributed by atoms with E-state index in [4.69, 9.17) is 4.74 Å². The molecule has 0 aromatic heterocycles. The Kier molecular flexibility index (Phi) is 3.64. The average molecular weight is 197 g/mol. The lowest BCUT2D eigenvalue weighted by Crippen LogP contribution is -2.28. The Labute approximate surface area is 80.7 Å². The van der Waals surface area contributed by atoms with Gasteiger partial charge in [0.05, 0.1) is 5.97 Å². The monoisotopic (exact) mass is 197 g/mol. The molecule has 0 unspecified atom stereocenters.